The molecule has 1 aliphatic carbocycles. The first-order chi connectivity index (χ1) is 8.56. The molecule has 1 aliphatic heterocycles. The molecule has 2 atom stereocenters. The minimum atomic E-state index is -0.246. The Bertz CT molecular complexity index is 359. The number of amides is 2. The summed E-state index contributed by atoms with van der Waals surface area (Å²) >= 11 is 0. The average Bonchev–Trinajstić information content (AvgIpc) is 2.75. The van der Waals surface area contributed by atoms with Crippen LogP contribution in [0.3, 0.4) is 0 Å². The molecule has 0 bridgehead atoms. The summed E-state index contributed by atoms with van der Waals surface area (Å²) in [7, 11) is 0. The van der Waals surface area contributed by atoms with Gasteiger partial charge < -0.3 is 16.4 Å². The summed E-state index contributed by atoms with van der Waals surface area (Å²) in [6, 6.07) is 0.0198. The van der Waals surface area contributed by atoms with E-state index < -0.39 is 0 Å². The molecule has 5 nitrogen and oxygen atoms in total. The zero-order valence-electron chi connectivity index (χ0n) is 10.5. The highest BCUT2D eigenvalue weighted by molar-refractivity contribution is 5.81. The highest BCUT2D eigenvalue weighted by Crippen LogP contribution is 2.24. The summed E-state index contributed by atoms with van der Waals surface area (Å²) in [4.78, 5) is 24.9. The standard InChI is InChI=1S/C13H21N3O2/c14-11-2-1-10(8-11)13(18)16-5-3-9(4-6-16)7-12(15)17/h1-2,9-11H,3-8,14H2,(H2,15,17). The third-order valence-corrected chi connectivity index (χ3v) is 3.85. The molecule has 0 radical (unpaired) electrons. The van der Waals surface area contributed by atoms with Crippen molar-refractivity contribution >= 4 is 11.8 Å². The summed E-state index contributed by atoms with van der Waals surface area (Å²) in [5.41, 5.74) is 11.0. The number of hydrogen-bond donors (Lipinski definition) is 2. The van der Waals surface area contributed by atoms with Crippen LogP contribution in [-0.4, -0.2) is 35.8 Å². The van der Waals surface area contributed by atoms with Crippen LogP contribution in [0.1, 0.15) is 25.7 Å². The smallest absolute Gasteiger partial charge is 0.229 e. The van der Waals surface area contributed by atoms with Gasteiger partial charge in [-0.1, -0.05) is 12.2 Å². The van der Waals surface area contributed by atoms with Crippen molar-refractivity contribution in [3.8, 4) is 0 Å². The number of hydrogen-bond acceptors (Lipinski definition) is 3. The fourth-order valence-corrected chi connectivity index (χ4v) is 2.79. The van der Waals surface area contributed by atoms with Gasteiger partial charge in [0.1, 0.15) is 0 Å². The SMILES string of the molecule is NC(=O)CC1CCN(C(=O)C2C=CC(N)C2)CC1. The van der Waals surface area contributed by atoms with Crippen LogP contribution in [0, 0.1) is 11.8 Å². The molecule has 1 fully saturated rings. The molecule has 2 rings (SSSR count). The Kier molecular flexibility index (Phi) is 4.01. The minimum absolute atomic E-state index is 0.0198. The largest absolute Gasteiger partial charge is 0.370 e. The van der Waals surface area contributed by atoms with E-state index in [2.05, 4.69) is 0 Å². The highest BCUT2D eigenvalue weighted by atomic mass is 16.2. The molecule has 2 amide bonds. The van der Waals surface area contributed by atoms with Crippen molar-refractivity contribution in [1.29, 1.82) is 0 Å². The Balaban J connectivity index is 1.81. The van der Waals surface area contributed by atoms with E-state index in [0.29, 0.717) is 12.3 Å². The molecule has 1 heterocycles. The lowest BCUT2D eigenvalue weighted by Crippen LogP contribution is -2.42. The van der Waals surface area contributed by atoms with E-state index in [9.17, 15) is 9.59 Å². The van der Waals surface area contributed by atoms with Gasteiger partial charge in [0.25, 0.3) is 0 Å². The van der Waals surface area contributed by atoms with Gasteiger partial charge in [-0.2, -0.15) is 0 Å². The van der Waals surface area contributed by atoms with Gasteiger partial charge in [0.2, 0.25) is 11.8 Å². The van der Waals surface area contributed by atoms with Crippen molar-refractivity contribution in [1.82, 2.24) is 4.90 Å². The molecule has 1 saturated heterocycles. The monoisotopic (exact) mass is 251 g/mol. The zero-order chi connectivity index (χ0) is 13.1. The van der Waals surface area contributed by atoms with Crippen LogP contribution in [-0.2, 0) is 9.59 Å². The van der Waals surface area contributed by atoms with E-state index in [0.717, 1.165) is 32.4 Å². The fourth-order valence-electron chi connectivity index (χ4n) is 2.79. The van der Waals surface area contributed by atoms with E-state index in [4.69, 9.17) is 11.5 Å². The maximum atomic E-state index is 12.2. The Morgan fingerprint density at radius 3 is 2.39 bits per heavy atom. The Hall–Kier alpha value is -1.36. The number of nitrogens with two attached hydrogens (primary N) is 2. The molecular formula is C13H21N3O2. The molecule has 5 heteroatoms. The van der Waals surface area contributed by atoms with Crippen molar-refractivity contribution in [3.63, 3.8) is 0 Å². The molecule has 0 saturated carbocycles. The molecule has 0 aromatic rings. The number of nitrogens with zero attached hydrogens (tertiary/aromatic N) is 1. The van der Waals surface area contributed by atoms with E-state index in [1.54, 1.807) is 0 Å². The molecule has 2 aliphatic rings. The first-order valence-electron chi connectivity index (χ1n) is 6.57. The number of primary amides is 1. The van der Waals surface area contributed by atoms with Crippen LogP contribution in [0.25, 0.3) is 0 Å². The summed E-state index contributed by atoms with van der Waals surface area (Å²) in [5.74, 6) is 0.224. The molecule has 0 aromatic heterocycles. The van der Waals surface area contributed by atoms with Crippen LogP contribution in [0.4, 0.5) is 0 Å². The van der Waals surface area contributed by atoms with Gasteiger partial charge in [0.05, 0.1) is 5.92 Å². The second kappa shape index (κ2) is 5.52. The molecule has 2 unspecified atom stereocenters. The summed E-state index contributed by atoms with van der Waals surface area (Å²) in [6.07, 6.45) is 6.73. The molecule has 0 aromatic carbocycles. The number of carbonyl (C=O) groups is 2. The van der Waals surface area contributed by atoms with Gasteiger partial charge in [0.15, 0.2) is 0 Å². The maximum absolute atomic E-state index is 12.2. The first kappa shape index (κ1) is 13.1. The van der Waals surface area contributed by atoms with E-state index in [-0.39, 0.29) is 23.8 Å². The van der Waals surface area contributed by atoms with Crippen molar-refractivity contribution in [3.05, 3.63) is 12.2 Å². The van der Waals surface area contributed by atoms with Crippen molar-refractivity contribution < 1.29 is 9.59 Å². The summed E-state index contributed by atoms with van der Waals surface area (Å²) in [5, 5.41) is 0. The number of carbonyl (C=O) groups excluding carboxylic acids is 2. The number of piperidine rings is 1. The molecule has 100 valence electrons. The lowest BCUT2D eigenvalue weighted by Gasteiger charge is -2.33. The van der Waals surface area contributed by atoms with Crippen molar-refractivity contribution in [2.75, 3.05) is 13.1 Å². The van der Waals surface area contributed by atoms with Gasteiger partial charge in [0, 0.05) is 25.6 Å². The summed E-state index contributed by atoms with van der Waals surface area (Å²) < 4.78 is 0. The molecular weight excluding hydrogens is 230 g/mol. The van der Waals surface area contributed by atoms with Gasteiger partial charge in [-0.05, 0) is 25.2 Å². The van der Waals surface area contributed by atoms with Crippen LogP contribution in [0.2, 0.25) is 0 Å². The van der Waals surface area contributed by atoms with Crippen LogP contribution < -0.4 is 11.5 Å². The lowest BCUT2D eigenvalue weighted by atomic mass is 9.92. The van der Waals surface area contributed by atoms with E-state index in [1.165, 1.54) is 0 Å². The normalized spacial score (nSPS) is 28.6. The highest BCUT2D eigenvalue weighted by Gasteiger charge is 2.30. The topological polar surface area (TPSA) is 89.4 Å². The first-order valence-corrected chi connectivity index (χ1v) is 6.57. The molecule has 0 spiro atoms. The van der Waals surface area contributed by atoms with Gasteiger partial charge >= 0.3 is 0 Å². The van der Waals surface area contributed by atoms with Gasteiger partial charge in [-0.15, -0.1) is 0 Å². The third kappa shape index (κ3) is 3.10. The average molecular weight is 251 g/mol. The quantitative estimate of drug-likeness (QED) is 0.692. The van der Waals surface area contributed by atoms with Crippen molar-refractivity contribution in [2.24, 2.45) is 23.3 Å². The number of rotatable bonds is 3. The number of likely N-dealkylation sites (tertiary alicyclic amines) is 1. The van der Waals surface area contributed by atoms with Gasteiger partial charge in [-0.3, -0.25) is 9.59 Å². The van der Waals surface area contributed by atoms with Crippen LogP contribution in [0.15, 0.2) is 12.2 Å². The maximum Gasteiger partial charge on any atom is 0.229 e. The Labute approximate surface area is 107 Å². The van der Waals surface area contributed by atoms with E-state index in [1.807, 2.05) is 17.1 Å². The Morgan fingerprint density at radius 1 is 1.22 bits per heavy atom. The molecule has 18 heavy (non-hydrogen) atoms. The predicted molar refractivity (Wildman–Crippen MR) is 68.3 cm³/mol. The zero-order valence-corrected chi connectivity index (χ0v) is 10.5. The Morgan fingerprint density at radius 2 is 1.89 bits per heavy atom. The second-order valence-corrected chi connectivity index (χ2v) is 5.33. The fraction of sp³-hybridized carbons (Fsp3) is 0.692. The predicted octanol–water partition coefficient (Wildman–Crippen LogP) is 0.00380. The van der Waals surface area contributed by atoms with Gasteiger partial charge in [-0.25, -0.2) is 0 Å². The van der Waals surface area contributed by atoms with Crippen LogP contribution >= 0.6 is 0 Å². The van der Waals surface area contributed by atoms with Crippen LogP contribution in [0.5, 0.6) is 0 Å². The summed E-state index contributed by atoms with van der Waals surface area (Å²) in [6.45, 7) is 1.46. The second-order valence-electron chi connectivity index (χ2n) is 5.33. The lowest BCUT2D eigenvalue weighted by molar-refractivity contribution is -0.135. The third-order valence-electron chi connectivity index (χ3n) is 3.85. The minimum Gasteiger partial charge on any atom is -0.370 e. The van der Waals surface area contributed by atoms with E-state index >= 15 is 0 Å². The van der Waals surface area contributed by atoms with Crippen molar-refractivity contribution in [2.45, 2.75) is 31.7 Å². The molecule has 4 N–H and O–H groups in total.